The molecule has 6 heteroatoms. The summed E-state index contributed by atoms with van der Waals surface area (Å²) >= 11 is 0. The van der Waals surface area contributed by atoms with E-state index in [0.29, 0.717) is 26.2 Å². The maximum atomic E-state index is 11.8. The van der Waals surface area contributed by atoms with E-state index in [4.69, 9.17) is 10.5 Å². The molecule has 100 valence electrons. The number of hydrogen-bond acceptors (Lipinski definition) is 5. The maximum Gasteiger partial charge on any atom is 0.410 e. The van der Waals surface area contributed by atoms with Crippen molar-refractivity contribution in [1.82, 2.24) is 10.2 Å². The van der Waals surface area contributed by atoms with E-state index in [-0.39, 0.29) is 12.1 Å². The Labute approximate surface area is 102 Å². The van der Waals surface area contributed by atoms with Crippen LogP contribution in [0.4, 0.5) is 4.79 Å². The van der Waals surface area contributed by atoms with E-state index in [1.807, 2.05) is 20.8 Å². The number of amides is 1. The highest BCUT2D eigenvalue weighted by Crippen LogP contribution is 2.15. The Balaban J connectivity index is 2.45. The van der Waals surface area contributed by atoms with E-state index in [9.17, 15) is 9.90 Å². The second-order valence-corrected chi connectivity index (χ2v) is 5.30. The molecule has 1 saturated heterocycles. The van der Waals surface area contributed by atoms with Gasteiger partial charge >= 0.3 is 6.09 Å². The predicted molar refractivity (Wildman–Crippen MR) is 64.7 cm³/mol. The van der Waals surface area contributed by atoms with Gasteiger partial charge in [0, 0.05) is 19.6 Å². The minimum absolute atomic E-state index is 0.119. The summed E-state index contributed by atoms with van der Waals surface area (Å²) in [6.07, 6.45) is -0.942. The summed E-state index contributed by atoms with van der Waals surface area (Å²) in [7, 11) is 0. The number of nitrogens with two attached hydrogens (primary N) is 1. The summed E-state index contributed by atoms with van der Waals surface area (Å²) in [4.78, 5) is 13.3. The summed E-state index contributed by atoms with van der Waals surface area (Å²) in [5.41, 5.74) is 4.87. The maximum absolute atomic E-state index is 11.8. The lowest BCUT2D eigenvalue weighted by molar-refractivity contribution is 0.0270. The number of β-amino-alcohol motifs (C(OH)–C–C–N with tert-alkyl or cyclic N) is 1. The smallest absolute Gasteiger partial charge is 0.410 e. The number of rotatable bonds is 3. The van der Waals surface area contributed by atoms with Gasteiger partial charge in [0.25, 0.3) is 0 Å². The van der Waals surface area contributed by atoms with Crippen molar-refractivity contribution in [3.05, 3.63) is 0 Å². The van der Waals surface area contributed by atoms with Crippen LogP contribution >= 0.6 is 0 Å². The zero-order chi connectivity index (χ0) is 13.1. The summed E-state index contributed by atoms with van der Waals surface area (Å²) in [6.45, 7) is 7.36. The Morgan fingerprint density at radius 3 is 2.71 bits per heavy atom. The third-order valence-corrected chi connectivity index (χ3v) is 2.49. The number of nitrogens with zero attached hydrogens (tertiary/aromatic N) is 1. The number of ether oxygens (including phenoxy) is 1. The highest BCUT2D eigenvalue weighted by atomic mass is 16.6. The number of hydrogen-bond donors (Lipinski definition) is 3. The summed E-state index contributed by atoms with van der Waals surface area (Å²) in [5.74, 6) is 0. The normalized spacial score (nSPS) is 25.1. The molecule has 1 aliphatic rings. The molecule has 0 aromatic rings. The zero-order valence-corrected chi connectivity index (χ0v) is 10.8. The topological polar surface area (TPSA) is 87.8 Å². The third kappa shape index (κ3) is 4.49. The fraction of sp³-hybridized carbons (Fsp3) is 0.909. The fourth-order valence-electron chi connectivity index (χ4n) is 1.73. The molecule has 1 amide bonds. The van der Waals surface area contributed by atoms with Gasteiger partial charge in [-0.1, -0.05) is 0 Å². The van der Waals surface area contributed by atoms with E-state index in [0.717, 1.165) is 0 Å². The van der Waals surface area contributed by atoms with Crippen molar-refractivity contribution in [2.45, 2.75) is 38.5 Å². The van der Waals surface area contributed by atoms with Gasteiger partial charge in [-0.3, -0.25) is 0 Å². The Morgan fingerprint density at radius 2 is 2.18 bits per heavy atom. The van der Waals surface area contributed by atoms with Gasteiger partial charge in [0.05, 0.1) is 18.7 Å². The lowest BCUT2D eigenvalue weighted by Crippen LogP contribution is -2.42. The second-order valence-electron chi connectivity index (χ2n) is 5.30. The van der Waals surface area contributed by atoms with Gasteiger partial charge in [-0.25, -0.2) is 4.79 Å². The van der Waals surface area contributed by atoms with Gasteiger partial charge in [-0.05, 0) is 20.8 Å². The quantitative estimate of drug-likeness (QED) is 0.625. The molecule has 4 N–H and O–H groups in total. The second kappa shape index (κ2) is 5.66. The Bertz CT molecular complexity index is 265. The molecule has 0 aliphatic carbocycles. The van der Waals surface area contributed by atoms with E-state index in [1.54, 1.807) is 0 Å². The molecule has 0 saturated carbocycles. The molecule has 0 aromatic heterocycles. The van der Waals surface area contributed by atoms with Crippen molar-refractivity contribution in [1.29, 1.82) is 0 Å². The van der Waals surface area contributed by atoms with Crippen LogP contribution in [0.3, 0.4) is 0 Å². The molecule has 0 spiro atoms. The number of carbonyl (C=O) groups is 1. The van der Waals surface area contributed by atoms with E-state index >= 15 is 0 Å². The zero-order valence-electron chi connectivity index (χ0n) is 10.8. The van der Waals surface area contributed by atoms with Crippen molar-refractivity contribution >= 4 is 6.09 Å². The van der Waals surface area contributed by atoms with Crippen molar-refractivity contribution in [2.24, 2.45) is 5.73 Å². The van der Waals surface area contributed by atoms with Gasteiger partial charge in [0.2, 0.25) is 0 Å². The SMILES string of the molecule is CC(C)(C)OC(=O)N1C[C@@H](O)[C@H](NCCN)C1. The summed E-state index contributed by atoms with van der Waals surface area (Å²) in [6, 6.07) is -0.119. The molecule has 1 heterocycles. The van der Waals surface area contributed by atoms with Crippen LogP contribution in [0.5, 0.6) is 0 Å². The number of aliphatic hydroxyl groups is 1. The molecule has 1 rings (SSSR count). The number of likely N-dealkylation sites (tertiary alicyclic amines) is 1. The molecule has 1 aliphatic heterocycles. The van der Waals surface area contributed by atoms with Crippen molar-refractivity contribution < 1.29 is 14.6 Å². The van der Waals surface area contributed by atoms with Crippen LogP contribution in [-0.4, -0.2) is 60.0 Å². The summed E-state index contributed by atoms with van der Waals surface area (Å²) < 4.78 is 5.25. The van der Waals surface area contributed by atoms with Gasteiger partial charge in [-0.15, -0.1) is 0 Å². The molecule has 2 atom stereocenters. The van der Waals surface area contributed by atoms with Crippen molar-refractivity contribution in [3.63, 3.8) is 0 Å². The van der Waals surface area contributed by atoms with Crippen LogP contribution in [0.2, 0.25) is 0 Å². The first-order valence-electron chi connectivity index (χ1n) is 5.93. The molecule has 17 heavy (non-hydrogen) atoms. The first-order chi connectivity index (χ1) is 7.83. The average Bonchev–Trinajstić information content (AvgIpc) is 2.54. The number of aliphatic hydroxyl groups excluding tert-OH is 1. The first kappa shape index (κ1) is 14.2. The number of carbonyl (C=O) groups excluding carboxylic acids is 1. The van der Waals surface area contributed by atoms with Crippen LogP contribution in [0.25, 0.3) is 0 Å². The lowest BCUT2D eigenvalue weighted by Gasteiger charge is -2.24. The molecule has 0 unspecified atom stereocenters. The highest BCUT2D eigenvalue weighted by Gasteiger charge is 2.35. The predicted octanol–water partition coefficient (Wildman–Crippen LogP) is -0.485. The molecular formula is C11H23N3O3. The van der Waals surface area contributed by atoms with E-state index in [2.05, 4.69) is 5.32 Å². The Kier molecular flexibility index (Phi) is 4.73. The minimum atomic E-state index is -0.561. The van der Waals surface area contributed by atoms with Crippen LogP contribution in [0.1, 0.15) is 20.8 Å². The largest absolute Gasteiger partial charge is 0.444 e. The molecule has 0 aromatic carbocycles. The van der Waals surface area contributed by atoms with Gasteiger partial charge in [0.1, 0.15) is 5.60 Å². The van der Waals surface area contributed by atoms with Crippen LogP contribution in [0, 0.1) is 0 Å². The molecule has 0 radical (unpaired) electrons. The van der Waals surface area contributed by atoms with Crippen molar-refractivity contribution in [2.75, 3.05) is 26.2 Å². The molecule has 1 fully saturated rings. The summed E-state index contributed by atoms with van der Waals surface area (Å²) in [5, 5.41) is 12.9. The minimum Gasteiger partial charge on any atom is -0.444 e. The first-order valence-corrected chi connectivity index (χ1v) is 5.93. The van der Waals surface area contributed by atoms with Crippen LogP contribution in [-0.2, 0) is 4.74 Å². The lowest BCUT2D eigenvalue weighted by atomic mass is 10.2. The monoisotopic (exact) mass is 245 g/mol. The van der Waals surface area contributed by atoms with Crippen LogP contribution < -0.4 is 11.1 Å². The Morgan fingerprint density at radius 1 is 1.53 bits per heavy atom. The van der Waals surface area contributed by atoms with Crippen molar-refractivity contribution in [3.8, 4) is 0 Å². The standard InChI is InChI=1S/C11H23N3O3/c1-11(2,3)17-10(16)14-6-8(9(15)7-14)13-5-4-12/h8-9,13,15H,4-7,12H2,1-3H3/t8-,9-/m1/s1. The Hall–Kier alpha value is -0.850. The van der Waals surface area contributed by atoms with Gasteiger partial charge in [0.15, 0.2) is 0 Å². The fourth-order valence-corrected chi connectivity index (χ4v) is 1.73. The molecular weight excluding hydrogens is 222 g/mol. The average molecular weight is 245 g/mol. The molecule has 0 bridgehead atoms. The third-order valence-electron chi connectivity index (χ3n) is 2.49. The number of nitrogens with one attached hydrogen (secondary N) is 1. The van der Waals surface area contributed by atoms with E-state index in [1.165, 1.54) is 4.90 Å². The van der Waals surface area contributed by atoms with Crippen LogP contribution in [0.15, 0.2) is 0 Å². The highest BCUT2D eigenvalue weighted by molar-refractivity contribution is 5.68. The van der Waals surface area contributed by atoms with E-state index < -0.39 is 11.7 Å². The van der Waals surface area contributed by atoms with Gasteiger partial charge in [-0.2, -0.15) is 0 Å². The molecule has 6 nitrogen and oxygen atoms in total. The van der Waals surface area contributed by atoms with Gasteiger partial charge < -0.3 is 25.8 Å².